The van der Waals surface area contributed by atoms with E-state index in [-0.39, 0.29) is 0 Å². The zero-order chi connectivity index (χ0) is 17.9. The molecule has 7 heteroatoms. The zero-order valence-electron chi connectivity index (χ0n) is 15.7. The Morgan fingerprint density at radius 1 is 1.19 bits per heavy atom. The highest BCUT2D eigenvalue weighted by molar-refractivity contribution is 7.11. The van der Waals surface area contributed by atoms with E-state index in [2.05, 4.69) is 20.2 Å². The van der Waals surface area contributed by atoms with E-state index in [0.717, 1.165) is 44.1 Å². The Hall–Kier alpha value is -1.73. The van der Waals surface area contributed by atoms with Crippen LogP contribution in [0.1, 0.15) is 41.3 Å². The number of nitrogens with zero attached hydrogens (tertiary/aromatic N) is 5. The smallest absolute Gasteiger partial charge is 0.133 e. The van der Waals surface area contributed by atoms with Crippen LogP contribution >= 0.6 is 11.3 Å². The highest BCUT2D eigenvalue weighted by Crippen LogP contribution is 2.28. The standard InChI is InChI=1S/C19H28N6S/c1-24(2)18-11-17(20-13-21-18)22-14-7-9-25(10-8-14)12-19-23-15-5-3-4-6-16(15)26-19/h11,13-14H,3-10,12H2,1-2H3,(H,20,21,22). The van der Waals surface area contributed by atoms with Gasteiger partial charge in [-0.25, -0.2) is 15.0 Å². The molecule has 0 unspecified atom stereocenters. The minimum Gasteiger partial charge on any atom is -0.367 e. The summed E-state index contributed by atoms with van der Waals surface area (Å²) in [4.78, 5) is 19.6. The van der Waals surface area contributed by atoms with E-state index in [4.69, 9.17) is 4.98 Å². The fraction of sp³-hybridized carbons (Fsp3) is 0.632. The number of thiazole rings is 1. The minimum atomic E-state index is 0.487. The average molecular weight is 373 g/mol. The second kappa shape index (κ2) is 7.88. The molecular formula is C19H28N6S. The van der Waals surface area contributed by atoms with Crippen LogP contribution in [-0.2, 0) is 19.4 Å². The molecule has 0 amide bonds. The molecule has 1 saturated heterocycles. The van der Waals surface area contributed by atoms with Gasteiger partial charge in [0.2, 0.25) is 0 Å². The van der Waals surface area contributed by atoms with Crippen LogP contribution < -0.4 is 10.2 Å². The summed E-state index contributed by atoms with van der Waals surface area (Å²) in [6.07, 6.45) is 9.00. The second-order valence-corrected chi connectivity index (χ2v) is 8.70. The molecule has 0 spiro atoms. The molecule has 4 rings (SSSR count). The van der Waals surface area contributed by atoms with E-state index in [1.54, 1.807) is 11.2 Å². The predicted octanol–water partition coefficient (Wildman–Crippen LogP) is 2.95. The monoisotopic (exact) mass is 372 g/mol. The van der Waals surface area contributed by atoms with Gasteiger partial charge in [0.25, 0.3) is 0 Å². The molecule has 26 heavy (non-hydrogen) atoms. The summed E-state index contributed by atoms with van der Waals surface area (Å²) >= 11 is 1.95. The van der Waals surface area contributed by atoms with Gasteiger partial charge in [-0.05, 0) is 38.5 Å². The van der Waals surface area contributed by atoms with Gasteiger partial charge in [0.1, 0.15) is 23.0 Å². The Kier molecular flexibility index (Phi) is 5.36. The summed E-state index contributed by atoms with van der Waals surface area (Å²) in [6, 6.07) is 2.51. The van der Waals surface area contributed by atoms with Gasteiger partial charge in [-0.15, -0.1) is 11.3 Å². The first kappa shape index (κ1) is 17.7. The van der Waals surface area contributed by atoms with E-state index in [9.17, 15) is 0 Å². The number of hydrogen-bond acceptors (Lipinski definition) is 7. The summed E-state index contributed by atoms with van der Waals surface area (Å²) in [6.45, 7) is 3.25. The third-order valence-corrected chi connectivity index (χ3v) is 6.44. The molecule has 1 aliphatic carbocycles. The van der Waals surface area contributed by atoms with Crippen LogP contribution in [0.3, 0.4) is 0 Å². The van der Waals surface area contributed by atoms with Crippen molar-refractivity contribution in [2.45, 2.75) is 51.1 Å². The van der Waals surface area contributed by atoms with Gasteiger partial charge in [0, 0.05) is 44.2 Å². The molecular weight excluding hydrogens is 344 g/mol. The topological polar surface area (TPSA) is 57.2 Å². The van der Waals surface area contributed by atoms with Gasteiger partial charge < -0.3 is 10.2 Å². The van der Waals surface area contributed by atoms with Crippen molar-refractivity contribution in [3.8, 4) is 0 Å². The van der Waals surface area contributed by atoms with E-state index in [1.165, 1.54) is 36.4 Å². The Balaban J connectivity index is 1.29. The van der Waals surface area contributed by atoms with Crippen LogP contribution in [0.5, 0.6) is 0 Å². The Labute approximate surface area is 159 Å². The van der Waals surface area contributed by atoms with Gasteiger partial charge in [-0.3, -0.25) is 4.90 Å². The summed E-state index contributed by atoms with van der Waals surface area (Å²) < 4.78 is 0. The molecule has 2 aromatic heterocycles. The normalized spacial score (nSPS) is 18.5. The zero-order valence-corrected chi connectivity index (χ0v) is 16.6. The van der Waals surface area contributed by atoms with Crippen molar-refractivity contribution >= 4 is 23.0 Å². The quantitative estimate of drug-likeness (QED) is 0.871. The summed E-state index contributed by atoms with van der Waals surface area (Å²) in [7, 11) is 4.00. The summed E-state index contributed by atoms with van der Waals surface area (Å²) in [5.74, 6) is 1.86. The van der Waals surface area contributed by atoms with Gasteiger partial charge in [0.15, 0.2) is 0 Å². The Bertz CT molecular complexity index is 712. The number of hydrogen-bond donors (Lipinski definition) is 1. The molecule has 6 nitrogen and oxygen atoms in total. The van der Waals surface area contributed by atoms with E-state index < -0.39 is 0 Å². The van der Waals surface area contributed by atoms with Crippen LogP contribution in [-0.4, -0.2) is 53.1 Å². The van der Waals surface area contributed by atoms with Crippen molar-refractivity contribution in [3.05, 3.63) is 28.0 Å². The molecule has 0 aromatic carbocycles. The highest BCUT2D eigenvalue weighted by atomic mass is 32.1. The van der Waals surface area contributed by atoms with E-state index in [1.807, 2.05) is 36.4 Å². The number of aromatic nitrogens is 3. The van der Waals surface area contributed by atoms with Crippen LogP contribution in [0.4, 0.5) is 11.6 Å². The number of anilines is 2. The molecule has 2 aromatic rings. The van der Waals surface area contributed by atoms with E-state index >= 15 is 0 Å². The van der Waals surface area contributed by atoms with Crippen LogP contribution in [0.2, 0.25) is 0 Å². The molecule has 1 fully saturated rings. The lowest BCUT2D eigenvalue weighted by molar-refractivity contribution is 0.211. The van der Waals surface area contributed by atoms with E-state index in [0.29, 0.717) is 6.04 Å². The SMILES string of the molecule is CN(C)c1cc(NC2CCN(Cc3nc4c(s3)CCCC4)CC2)ncn1. The predicted molar refractivity (Wildman–Crippen MR) is 107 cm³/mol. The molecule has 3 heterocycles. The number of aryl methyl sites for hydroxylation is 2. The lowest BCUT2D eigenvalue weighted by atomic mass is 10.0. The minimum absolute atomic E-state index is 0.487. The van der Waals surface area contributed by atoms with Crippen LogP contribution in [0.15, 0.2) is 12.4 Å². The molecule has 0 radical (unpaired) electrons. The van der Waals surface area contributed by atoms with Crippen molar-refractivity contribution in [2.24, 2.45) is 0 Å². The van der Waals surface area contributed by atoms with Crippen LogP contribution in [0, 0.1) is 0 Å². The Morgan fingerprint density at radius 2 is 2.00 bits per heavy atom. The molecule has 2 aliphatic rings. The molecule has 1 N–H and O–H groups in total. The van der Waals surface area contributed by atoms with Gasteiger partial charge >= 0.3 is 0 Å². The molecule has 0 atom stereocenters. The fourth-order valence-electron chi connectivity index (χ4n) is 3.78. The molecule has 0 saturated carbocycles. The Morgan fingerprint density at radius 3 is 2.77 bits per heavy atom. The first-order valence-electron chi connectivity index (χ1n) is 9.63. The van der Waals surface area contributed by atoms with Crippen LogP contribution in [0.25, 0.3) is 0 Å². The van der Waals surface area contributed by atoms with Gasteiger partial charge in [-0.2, -0.15) is 0 Å². The highest BCUT2D eigenvalue weighted by Gasteiger charge is 2.22. The number of rotatable bonds is 5. The number of likely N-dealkylation sites (tertiary alicyclic amines) is 1. The third-order valence-electron chi connectivity index (χ3n) is 5.30. The fourth-order valence-corrected chi connectivity index (χ4v) is 4.98. The lowest BCUT2D eigenvalue weighted by Gasteiger charge is -2.32. The first-order chi connectivity index (χ1) is 12.7. The van der Waals surface area contributed by atoms with Gasteiger partial charge in [0.05, 0.1) is 12.2 Å². The summed E-state index contributed by atoms with van der Waals surface area (Å²) in [5.41, 5.74) is 1.38. The maximum atomic E-state index is 4.90. The molecule has 140 valence electrons. The maximum Gasteiger partial charge on any atom is 0.133 e. The van der Waals surface area contributed by atoms with Crippen molar-refractivity contribution in [1.82, 2.24) is 19.9 Å². The first-order valence-corrected chi connectivity index (χ1v) is 10.4. The summed E-state index contributed by atoms with van der Waals surface area (Å²) in [5, 5.41) is 4.90. The van der Waals surface area contributed by atoms with Crippen molar-refractivity contribution in [3.63, 3.8) is 0 Å². The maximum absolute atomic E-state index is 4.90. The van der Waals surface area contributed by atoms with Crippen molar-refractivity contribution < 1.29 is 0 Å². The number of piperidine rings is 1. The number of nitrogens with one attached hydrogen (secondary N) is 1. The van der Waals surface area contributed by atoms with Gasteiger partial charge in [-0.1, -0.05) is 0 Å². The lowest BCUT2D eigenvalue weighted by Crippen LogP contribution is -2.38. The largest absolute Gasteiger partial charge is 0.367 e. The number of fused-ring (bicyclic) bond motifs is 1. The van der Waals surface area contributed by atoms with Crippen molar-refractivity contribution in [1.29, 1.82) is 0 Å². The second-order valence-electron chi connectivity index (χ2n) is 7.54. The third kappa shape index (κ3) is 4.15. The molecule has 0 bridgehead atoms. The average Bonchev–Trinajstić information content (AvgIpc) is 3.06. The molecule has 1 aliphatic heterocycles. The van der Waals surface area contributed by atoms with Crippen molar-refractivity contribution in [2.75, 3.05) is 37.4 Å².